The first-order valence-corrected chi connectivity index (χ1v) is 12.2. The second kappa shape index (κ2) is 10.1. The summed E-state index contributed by atoms with van der Waals surface area (Å²) in [7, 11) is -3.88. The third kappa shape index (κ3) is 5.30. The monoisotopic (exact) mass is 508 g/mol. The highest BCUT2D eigenvalue weighted by molar-refractivity contribution is 7.89. The van der Waals surface area contributed by atoms with Crippen LogP contribution in [0.2, 0.25) is 0 Å². The summed E-state index contributed by atoms with van der Waals surface area (Å²) in [6, 6.07) is 7.28. The number of nitro benzene ring substituents is 1. The molecular formula is C20H20N4O8S2. The summed E-state index contributed by atoms with van der Waals surface area (Å²) in [4.78, 5) is 38.9. The number of aromatic nitrogens is 1. The van der Waals surface area contributed by atoms with Crippen LogP contribution in [0.1, 0.15) is 24.2 Å². The van der Waals surface area contributed by atoms with Gasteiger partial charge in [0.25, 0.3) is 11.6 Å². The molecule has 2 aromatic carbocycles. The zero-order chi connectivity index (χ0) is 25.0. The number of thiazole rings is 1. The van der Waals surface area contributed by atoms with Gasteiger partial charge in [-0.3, -0.25) is 20.2 Å². The predicted octanol–water partition coefficient (Wildman–Crippen LogP) is 2.74. The van der Waals surface area contributed by atoms with E-state index in [2.05, 4.69) is 10.3 Å². The number of esters is 1. The Labute approximate surface area is 198 Å². The zero-order valence-corrected chi connectivity index (χ0v) is 19.7. The van der Waals surface area contributed by atoms with Crippen LogP contribution in [0.3, 0.4) is 0 Å². The van der Waals surface area contributed by atoms with Gasteiger partial charge in [0.2, 0.25) is 10.0 Å². The van der Waals surface area contributed by atoms with Crippen molar-refractivity contribution in [3.8, 4) is 5.75 Å². The van der Waals surface area contributed by atoms with E-state index in [1.54, 1.807) is 13.8 Å². The van der Waals surface area contributed by atoms with Crippen LogP contribution in [-0.2, 0) is 19.6 Å². The minimum Gasteiger partial charge on any atom is -0.507 e. The van der Waals surface area contributed by atoms with Gasteiger partial charge in [-0.05, 0) is 24.3 Å². The number of anilines is 1. The van der Waals surface area contributed by atoms with E-state index in [1.165, 1.54) is 28.6 Å². The van der Waals surface area contributed by atoms with Crippen LogP contribution in [0.5, 0.6) is 5.75 Å². The number of carbonyl (C=O) groups is 2. The van der Waals surface area contributed by atoms with Crippen LogP contribution in [-0.4, -0.2) is 59.3 Å². The first-order chi connectivity index (χ1) is 16.1. The summed E-state index contributed by atoms with van der Waals surface area (Å²) in [6.45, 7) is 3.04. The number of nitro groups is 1. The van der Waals surface area contributed by atoms with Gasteiger partial charge < -0.3 is 9.84 Å². The van der Waals surface area contributed by atoms with E-state index < -0.39 is 44.7 Å². The van der Waals surface area contributed by atoms with Crippen LogP contribution in [0.15, 0.2) is 41.3 Å². The molecule has 34 heavy (non-hydrogen) atoms. The summed E-state index contributed by atoms with van der Waals surface area (Å²) in [6.07, 6.45) is 0. The molecule has 0 atom stereocenters. The van der Waals surface area contributed by atoms with Crippen LogP contribution in [0.4, 0.5) is 10.8 Å². The third-order valence-electron chi connectivity index (χ3n) is 4.69. The number of sulfonamides is 1. The van der Waals surface area contributed by atoms with E-state index in [0.29, 0.717) is 10.2 Å². The van der Waals surface area contributed by atoms with Crippen molar-refractivity contribution < 1.29 is 32.8 Å². The molecule has 12 nitrogen and oxygen atoms in total. The van der Waals surface area contributed by atoms with Crippen molar-refractivity contribution in [2.45, 2.75) is 18.7 Å². The lowest BCUT2D eigenvalue weighted by Gasteiger charge is -2.18. The molecule has 1 heterocycles. The lowest BCUT2D eigenvalue weighted by molar-refractivity contribution is -0.384. The van der Waals surface area contributed by atoms with Gasteiger partial charge in [-0.1, -0.05) is 25.2 Å². The number of amides is 1. The van der Waals surface area contributed by atoms with Crippen LogP contribution >= 0.6 is 11.3 Å². The molecule has 0 saturated carbocycles. The number of rotatable bonds is 9. The normalized spacial score (nSPS) is 11.5. The van der Waals surface area contributed by atoms with E-state index >= 15 is 0 Å². The fourth-order valence-corrected chi connectivity index (χ4v) is 5.40. The molecule has 14 heteroatoms. The Bertz CT molecular complexity index is 1370. The summed E-state index contributed by atoms with van der Waals surface area (Å²) in [5.41, 5.74) is -0.0830. The number of hydrogen-bond acceptors (Lipinski definition) is 10. The van der Waals surface area contributed by atoms with Crippen molar-refractivity contribution in [1.82, 2.24) is 9.29 Å². The maximum atomic E-state index is 12.7. The van der Waals surface area contributed by atoms with Crippen LogP contribution < -0.4 is 5.32 Å². The molecule has 0 aliphatic rings. The number of nitrogens with zero attached hydrogens (tertiary/aromatic N) is 3. The molecule has 180 valence electrons. The fraction of sp³-hybridized carbons (Fsp3) is 0.250. The smallest absolute Gasteiger partial charge is 0.342 e. The number of phenols is 1. The van der Waals surface area contributed by atoms with Gasteiger partial charge in [0.05, 0.1) is 20.0 Å². The number of nitrogens with one attached hydrogen (secondary N) is 1. The van der Waals surface area contributed by atoms with Crippen molar-refractivity contribution in [3.63, 3.8) is 0 Å². The van der Waals surface area contributed by atoms with Crippen molar-refractivity contribution in [3.05, 3.63) is 52.1 Å². The molecule has 0 aliphatic heterocycles. The van der Waals surface area contributed by atoms with E-state index in [1.807, 2.05) is 0 Å². The van der Waals surface area contributed by atoms with Gasteiger partial charge in [0.15, 0.2) is 11.7 Å². The quantitative estimate of drug-likeness (QED) is 0.251. The average molecular weight is 509 g/mol. The molecule has 0 saturated heterocycles. The lowest BCUT2D eigenvalue weighted by atomic mass is 10.2. The van der Waals surface area contributed by atoms with E-state index in [9.17, 15) is 33.2 Å². The Balaban J connectivity index is 1.69. The molecule has 3 aromatic rings. The highest BCUT2D eigenvalue weighted by Crippen LogP contribution is 2.29. The molecule has 0 bridgehead atoms. The number of carbonyl (C=O) groups excluding carboxylic acids is 2. The summed E-state index contributed by atoms with van der Waals surface area (Å²) < 4.78 is 31.9. The van der Waals surface area contributed by atoms with Gasteiger partial charge in [0, 0.05) is 25.2 Å². The second-order valence-corrected chi connectivity index (χ2v) is 9.79. The van der Waals surface area contributed by atoms with Gasteiger partial charge in [-0.25, -0.2) is 18.2 Å². The molecule has 0 radical (unpaired) electrons. The highest BCUT2D eigenvalue weighted by Gasteiger charge is 2.25. The molecule has 1 amide bonds. The van der Waals surface area contributed by atoms with Gasteiger partial charge in [0.1, 0.15) is 11.3 Å². The maximum Gasteiger partial charge on any atom is 0.342 e. The van der Waals surface area contributed by atoms with Gasteiger partial charge in [-0.15, -0.1) is 0 Å². The van der Waals surface area contributed by atoms with E-state index in [0.717, 1.165) is 23.5 Å². The van der Waals surface area contributed by atoms with Crippen LogP contribution in [0, 0.1) is 10.1 Å². The largest absolute Gasteiger partial charge is 0.507 e. The van der Waals surface area contributed by atoms with Crippen LogP contribution in [0.25, 0.3) is 10.2 Å². The molecule has 0 aliphatic carbocycles. The lowest BCUT2D eigenvalue weighted by Crippen LogP contribution is -2.30. The number of phenolic OH excluding ortho intramolecular Hbond substituents is 1. The SMILES string of the molecule is CCN(CC)S(=O)(=O)c1ccc(O)c(C(=O)OCC(=O)Nc2nc3ccc([N+](=O)[O-])cc3s2)c1. The number of aromatic hydroxyl groups is 1. The first kappa shape index (κ1) is 25.0. The average Bonchev–Trinajstić information content (AvgIpc) is 3.19. The Hall–Kier alpha value is -3.62. The van der Waals surface area contributed by atoms with E-state index in [-0.39, 0.29) is 28.8 Å². The zero-order valence-electron chi connectivity index (χ0n) is 18.0. The number of hydrogen-bond donors (Lipinski definition) is 2. The van der Waals surface area contributed by atoms with E-state index in [4.69, 9.17) is 4.74 Å². The minimum absolute atomic E-state index is 0.118. The molecule has 2 N–H and O–H groups in total. The molecule has 0 fully saturated rings. The van der Waals surface area contributed by atoms with Crippen molar-refractivity contribution in [2.24, 2.45) is 0 Å². The standard InChI is InChI=1S/C20H20N4O8S2/c1-3-23(4-2)34(30,31)13-6-8-16(25)14(10-13)19(27)32-11-18(26)22-20-21-15-7-5-12(24(28)29)9-17(15)33-20/h5-10,25H,3-4,11H2,1-2H3,(H,21,22,26). The first-order valence-electron chi connectivity index (χ1n) is 9.92. The Morgan fingerprint density at radius 2 is 1.91 bits per heavy atom. The minimum atomic E-state index is -3.88. The number of benzene rings is 2. The van der Waals surface area contributed by atoms with Gasteiger partial charge in [-0.2, -0.15) is 4.31 Å². The molecule has 0 unspecified atom stereocenters. The summed E-state index contributed by atoms with van der Waals surface area (Å²) in [5, 5.41) is 23.4. The van der Waals surface area contributed by atoms with Crippen molar-refractivity contribution >= 4 is 54.3 Å². The molecular weight excluding hydrogens is 488 g/mol. The molecule has 0 spiro atoms. The third-order valence-corrected chi connectivity index (χ3v) is 7.67. The van der Waals surface area contributed by atoms with Crippen molar-refractivity contribution in [2.75, 3.05) is 25.0 Å². The maximum absolute atomic E-state index is 12.7. The Morgan fingerprint density at radius 3 is 2.56 bits per heavy atom. The number of fused-ring (bicyclic) bond motifs is 1. The predicted molar refractivity (Wildman–Crippen MR) is 123 cm³/mol. The van der Waals surface area contributed by atoms with Gasteiger partial charge >= 0.3 is 5.97 Å². The molecule has 3 rings (SSSR count). The second-order valence-electron chi connectivity index (χ2n) is 6.82. The number of non-ortho nitro benzene ring substituents is 1. The summed E-state index contributed by atoms with van der Waals surface area (Å²) >= 11 is 1.00. The Kier molecular flexibility index (Phi) is 7.44. The summed E-state index contributed by atoms with van der Waals surface area (Å²) in [5.74, 6) is -2.34. The number of ether oxygens (including phenoxy) is 1. The highest BCUT2D eigenvalue weighted by atomic mass is 32.2. The molecule has 1 aromatic heterocycles. The Morgan fingerprint density at radius 1 is 1.21 bits per heavy atom. The topological polar surface area (TPSA) is 169 Å². The van der Waals surface area contributed by atoms with Crippen molar-refractivity contribution in [1.29, 1.82) is 0 Å². The fourth-order valence-electron chi connectivity index (χ4n) is 3.00.